The van der Waals surface area contributed by atoms with Crippen LogP contribution in [0.4, 0.5) is 5.69 Å². The van der Waals surface area contributed by atoms with Gasteiger partial charge in [0.15, 0.2) is 16.6 Å². The van der Waals surface area contributed by atoms with E-state index in [9.17, 15) is 4.79 Å². The monoisotopic (exact) mass is 417 g/mol. The van der Waals surface area contributed by atoms with E-state index in [0.717, 1.165) is 5.56 Å². The molecule has 2 aromatic rings. The van der Waals surface area contributed by atoms with Gasteiger partial charge in [0.05, 0.1) is 36.5 Å². The van der Waals surface area contributed by atoms with Crippen LogP contribution in [0.2, 0.25) is 5.02 Å². The first-order valence-corrected chi connectivity index (χ1v) is 9.30. The summed E-state index contributed by atoms with van der Waals surface area (Å²) < 4.78 is 10.9. The summed E-state index contributed by atoms with van der Waals surface area (Å²) in [4.78, 5) is 13.2. The summed E-state index contributed by atoms with van der Waals surface area (Å²) in [6.07, 6.45) is 0. The molecule has 1 aliphatic rings. The van der Waals surface area contributed by atoms with Gasteiger partial charge in [-0.15, -0.1) is 0 Å². The molecule has 0 bridgehead atoms. The molecule has 3 N–H and O–H groups in total. The van der Waals surface area contributed by atoms with Crippen molar-refractivity contribution in [1.82, 2.24) is 10.6 Å². The van der Waals surface area contributed by atoms with Crippen LogP contribution >= 0.6 is 23.8 Å². The number of nitrogens with one attached hydrogen (secondary N) is 3. The Morgan fingerprint density at radius 1 is 1.14 bits per heavy atom. The Balaban J connectivity index is 2.05. The number of benzene rings is 2. The van der Waals surface area contributed by atoms with Gasteiger partial charge in [0.2, 0.25) is 0 Å². The van der Waals surface area contributed by atoms with Gasteiger partial charge in [0, 0.05) is 11.3 Å². The van der Waals surface area contributed by atoms with Gasteiger partial charge in [-0.05, 0) is 37.3 Å². The van der Waals surface area contributed by atoms with Crippen LogP contribution in [0.5, 0.6) is 11.5 Å². The molecule has 0 radical (unpaired) electrons. The predicted octanol–water partition coefficient (Wildman–Crippen LogP) is 3.79. The van der Waals surface area contributed by atoms with E-state index in [-0.39, 0.29) is 5.91 Å². The van der Waals surface area contributed by atoms with Crippen LogP contribution in [0, 0.1) is 0 Å². The Hall–Kier alpha value is -2.77. The lowest BCUT2D eigenvalue weighted by Crippen LogP contribution is -2.45. The highest BCUT2D eigenvalue weighted by molar-refractivity contribution is 7.80. The first-order valence-electron chi connectivity index (χ1n) is 8.51. The molecule has 146 valence electrons. The lowest BCUT2D eigenvalue weighted by Gasteiger charge is -2.31. The Kier molecular flexibility index (Phi) is 6.06. The fourth-order valence-corrected chi connectivity index (χ4v) is 3.57. The molecule has 0 saturated carbocycles. The van der Waals surface area contributed by atoms with Gasteiger partial charge in [-0.2, -0.15) is 0 Å². The molecule has 0 saturated heterocycles. The number of thiocarbonyl (C=S) groups is 1. The number of ether oxygens (including phenoxy) is 2. The highest BCUT2D eigenvalue weighted by Gasteiger charge is 2.32. The highest BCUT2D eigenvalue weighted by atomic mass is 35.5. The minimum atomic E-state index is -0.527. The number of allylic oxidation sites excluding steroid dienone is 1. The topological polar surface area (TPSA) is 71.6 Å². The number of carbonyl (C=O) groups is 1. The Morgan fingerprint density at radius 3 is 2.57 bits per heavy atom. The third-order valence-corrected chi connectivity index (χ3v) is 4.93. The Labute approximate surface area is 173 Å². The van der Waals surface area contributed by atoms with Gasteiger partial charge in [-0.1, -0.05) is 35.9 Å². The van der Waals surface area contributed by atoms with Crippen molar-refractivity contribution < 1.29 is 14.3 Å². The quantitative estimate of drug-likeness (QED) is 0.643. The molecule has 0 spiro atoms. The summed E-state index contributed by atoms with van der Waals surface area (Å²) in [5.41, 5.74) is 2.37. The second kappa shape index (κ2) is 8.50. The molecule has 1 amide bonds. The van der Waals surface area contributed by atoms with Crippen molar-refractivity contribution in [3.8, 4) is 11.5 Å². The van der Waals surface area contributed by atoms with Crippen LogP contribution in [0.25, 0.3) is 0 Å². The largest absolute Gasteiger partial charge is 0.493 e. The van der Waals surface area contributed by atoms with Crippen LogP contribution in [0.1, 0.15) is 18.5 Å². The number of methoxy groups -OCH3 is 2. The molecule has 1 unspecified atom stereocenters. The lowest BCUT2D eigenvalue weighted by molar-refractivity contribution is -0.113. The van der Waals surface area contributed by atoms with Crippen molar-refractivity contribution in [2.45, 2.75) is 13.0 Å². The molecule has 0 aromatic heterocycles. The van der Waals surface area contributed by atoms with Crippen LogP contribution in [0.15, 0.2) is 53.7 Å². The molecule has 0 fully saturated rings. The molecule has 3 rings (SSSR count). The summed E-state index contributed by atoms with van der Waals surface area (Å²) in [6, 6.07) is 12.0. The minimum Gasteiger partial charge on any atom is -0.493 e. The normalized spacial score (nSPS) is 16.1. The summed E-state index contributed by atoms with van der Waals surface area (Å²) in [7, 11) is 3.12. The number of anilines is 1. The third-order valence-electron chi connectivity index (χ3n) is 4.38. The van der Waals surface area contributed by atoms with Gasteiger partial charge in [-0.3, -0.25) is 4.79 Å². The van der Waals surface area contributed by atoms with Crippen molar-refractivity contribution in [2.24, 2.45) is 0 Å². The molecule has 1 aliphatic heterocycles. The van der Waals surface area contributed by atoms with Gasteiger partial charge < -0.3 is 25.4 Å². The first kappa shape index (κ1) is 20.0. The molecule has 0 aliphatic carbocycles. The van der Waals surface area contributed by atoms with Crippen LogP contribution in [-0.4, -0.2) is 25.2 Å². The number of hydrogen-bond donors (Lipinski definition) is 3. The van der Waals surface area contributed by atoms with Crippen LogP contribution < -0.4 is 25.4 Å². The van der Waals surface area contributed by atoms with Crippen molar-refractivity contribution in [1.29, 1.82) is 0 Å². The zero-order chi connectivity index (χ0) is 20.3. The van der Waals surface area contributed by atoms with Gasteiger partial charge in [0.25, 0.3) is 5.91 Å². The van der Waals surface area contributed by atoms with E-state index in [1.54, 1.807) is 51.5 Å². The van der Waals surface area contributed by atoms with E-state index in [2.05, 4.69) is 16.0 Å². The number of carbonyl (C=O) groups excluding carboxylic acids is 1. The second-order valence-electron chi connectivity index (χ2n) is 6.09. The van der Waals surface area contributed by atoms with Crippen molar-refractivity contribution in [3.05, 3.63) is 64.3 Å². The lowest BCUT2D eigenvalue weighted by atomic mass is 9.93. The predicted molar refractivity (Wildman–Crippen MR) is 114 cm³/mol. The van der Waals surface area contributed by atoms with Crippen LogP contribution in [-0.2, 0) is 4.79 Å². The number of rotatable bonds is 5. The summed E-state index contributed by atoms with van der Waals surface area (Å²) in [6.45, 7) is 1.80. The van der Waals surface area contributed by atoms with E-state index in [1.165, 1.54) is 0 Å². The standard InChI is InChI=1S/C20H20ClN3O3S/c1-11-16(19(25)23-14-9-5-4-8-13(14)21)17(24-20(28)22-11)12-7-6-10-15(26-2)18(12)27-3/h4-10,17H,1-3H3,(H,23,25)(H2,22,24,28). The summed E-state index contributed by atoms with van der Waals surface area (Å²) >= 11 is 11.5. The molecular weight excluding hydrogens is 398 g/mol. The maximum atomic E-state index is 13.2. The molecule has 1 atom stereocenters. The van der Waals surface area contributed by atoms with Gasteiger partial charge in [0.1, 0.15) is 0 Å². The SMILES string of the molecule is COc1cccc(C2NC(=S)NC(C)=C2C(=O)Nc2ccccc2Cl)c1OC. The Morgan fingerprint density at radius 2 is 1.89 bits per heavy atom. The maximum absolute atomic E-state index is 13.2. The maximum Gasteiger partial charge on any atom is 0.255 e. The molecule has 8 heteroatoms. The number of para-hydroxylation sites is 2. The fourth-order valence-electron chi connectivity index (χ4n) is 3.12. The van der Waals surface area contributed by atoms with E-state index in [4.69, 9.17) is 33.3 Å². The summed E-state index contributed by atoms with van der Waals surface area (Å²) in [5.74, 6) is 0.792. The van der Waals surface area contributed by atoms with Crippen LogP contribution in [0.3, 0.4) is 0 Å². The molecule has 6 nitrogen and oxygen atoms in total. The van der Waals surface area contributed by atoms with Crippen molar-refractivity contribution >= 4 is 40.5 Å². The van der Waals surface area contributed by atoms with Gasteiger partial charge >= 0.3 is 0 Å². The fraction of sp³-hybridized carbons (Fsp3) is 0.200. The molecular formula is C20H20ClN3O3S. The number of hydrogen-bond acceptors (Lipinski definition) is 4. The summed E-state index contributed by atoms with van der Waals surface area (Å²) in [5, 5.41) is 9.90. The van der Waals surface area contributed by atoms with Crippen molar-refractivity contribution in [3.63, 3.8) is 0 Å². The third kappa shape index (κ3) is 3.90. The van der Waals surface area contributed by atoms with E-state index in [1.807, 2.05) is 12.1 Å². The number of amides is 1. The number of halogens is 1. The highest BCUT2D eigenvalue weighted by Crippen LogP contribution is 2.39. The average molecular weight is 418 g/mol. The van der Waals surface area contributed by atoms with Crippen molar-refractivity contribution in [2.75, 3.05) is 19.5 Å². The molecule has 28 heavy (non-hydrogen) atoms. The molecule has 1 heterocycles. The molecule has 2 aromatic carbocycles. The van der Waals surface area contributed by atoms with E-state index >= 15 is 0 Å². The van der Waals surface area contributed by atoms with E-state index in [0.29, 0.717) is 38.6 Å². The van der Waals surface area contributed by atoms with Gasteiger partial charge in [-0.25, -0.2) is 0 Å². The zero-order valence-electron chi connectivity index (χ0n) is 15.6. The Bertz CT molecular complexity index is 961. The smallest absolute Gasteiger partial charge is 0.255 e. The zero-order valence-corrected chi connectivity index (χ0v) is 17.2. The average Bonchev–Trinajstić information content (AvgIpc) is 2.68. The first-order chi connectivity index (χ1) is 13.5. The van der Waals surface area contributed by atoms with E-state index < -0.39 is 6.04 Å². The minimum absolute atomic E-state index is 0.303. The second-order valence-corrected chi connectivity index (χ2v) is 6.90.